The summed E-state index contributed by atoms with van der Waals surface area (Å²) in [5.41, 5.74) is 5.75. The lowest BCUT2D eigenvalue weighted by atomic mass is 10.1. The van der Waals surface area contributed by atoms with Crippen LogP contribution in [0.2, 0.25) is 0 Å². The number of hydrogen-bond donors (Lipinski definition) is 2. The predicted octanol–water partition coefficient (Wildman–Crippen LogP) is 4.77. The molecule has 0 bridgehead atoms. The van der Waals surface area contributed by atoms with Crippen LogP contribution >= 0.6 is 35.3 Å². The van der Waals surface area contributed by atoms with Crippen molar-refractivity contribution in [1.29, 1.82) is 0 Å². The molecule has 2 aromatic heterocycles. The number of guanidine groups is 1. The fourth-order valence-electron chi connectivity index (χ4n) is 3.43. The maximum atomic E-state index is 4.73. The normalized spacial score (nSPS) is 11.4. The minimum Gasteiger partial charge on any atom is -0.357 e. The van der Waals surface area contributed by atoms with Crippen molar-refractivity contribution in [2.45, 2.75) is 33.4 Å². The summed E-state index contributed by atoms with van der Waals surface area (Å²) in [4.78, 5) is 13.7. The van der Waals surface area contributed by atoms with Crippen molar-refractivity contribution in [3.63, 3.8) is 0 Å². The fourth-order valence-corrected chi connectivity index (χ4v) is 4.07. The summed E-state index contributed by atoms with van der Waals surface area (Å²) in [7, 11) is 0. The number of nitrogens with one attached hydrogen (secondary N) is 2. The Morgan fingerprint density at radius 1 is 1.06 bits per heavy atom. The zero-order valence-corrected chi connectivity index (χ0v) is 21.6. The van der Waals surface area contributed by atoms with Crippen molar-refractivity contribution in [3.8, 4) is 0 Å². The number of fused-ring (bicyclic) bond motifs is 1. The quantitative estimate of drug-likeness (QED) is 0.185. The average molecular weight is 561 g/mol. The Balaban J connectivity index is 0.00000289. The molecule has 0 aliphatic carbocycles. The van der Waals surface area contributed by atoms with Gasteiger partial charge in [-0.25, -0.2) is 15.0 Å². The molecule has 8 heteroatoms. The molecule has 0 aliphatic rings. The zero-order valence-electron chi connectivity index (χ0n) is 18.4. The monoisotopic (exact) mass is 560 g/mol. The molecule has 0 spiro atoms. The van der Waals surface area contributed by atoms with Gasteiger partial charge in [0.2, 0.25) is 0 Å². The van der Waals surface area contributed by atoms with E-state index in [0.29, 0.717) is 6.54 Å². The molecule has 4 aromatic rings. The van der Waals surface area contributed by atoms with Gasteiger partial charge in [0.1, 0.15) is 0 Å². The smallest absolute Gasteiger partial charge is 0.191 e. The number of para-hydroxylation sites is 2. The van der Waals surface area contributed by atoms with Gasteiger partial charge in [-0.3, -0.25) is 0 Å². The number of aliphatic imine (C=N–C) groups is 1. The summed E-state index contributed by atoms with van der Waals surface area (Å²) in [5.74, 6) is 0.836. The second-order valence-corrected chi connectivity index (χ2v) is 8.47. The third kappa shape index (κ3) is 6.52. The molecule has 2 N–H and O–H groups in total. The van der Waals surface area contributed by atoms with Crippen molar-refractivity contribution < 1.29 is 0 Å². The van der Waals surface area contributed by atoms with E-state index in [9.17, 15) is 0 Å². The highest BCUT2D eigenvalue weighted by molar-refractivity contribution is 14.0. The lowest BCUT2D eigenvalue weighted by molar-refractivity contribution is 0.789. The van der Waals surface area contributed by atoms with Gasteiger partial charge in [-0.15, -0.1) is 35.3 Å². The first-order valence-electron chi connectivity index (χ1n) is 10.6. The van der Waals surface area contributed by atoms with Crippen LogP contribution in [0.5, 0.6) is 0 Å². The van der Waals surface area contributed by atoms with Gasteiger partial charge in [0.15, 0.2) is 5.96 Å². The van der Waals surface area contributed by atoms with Gasteiger partial charge in [-0.2, -0.15) is 0 Å². The Kier molecular flexibility index (Phi) is 9.04. The van der Waals surface area contributed by atoms with Crippen molar-refractivity contribution in [2.75, 3.05) is 13.1 Å². The number of rotatable bonds is 8. The lowest BCUT2D eigenvalue weighted by Gasteiger charge is -2.11. The second-order valence-electron chi connectivity index (χ2n) is 7.41. The van der Waals surface area contributed by atoms with Crippen LogP contribution in [-0.4, -0.2) is 33.6 Å². The average Bonchev–Trinajstić information content (AvgIpc) is 3.39. The van der Waals surface area contributed by atoms with E-state index in [-0.39, 0.29) is 24.0 Å². The van der Waals surface area contributed by atoms with Gasteiger partial charge in [0, 0.05) is 31.4 Å². The number of nitrogens with zero attached hydrogens (tertiary/aromatic N) is 4. The topological polar surface area (TPSA) is 67.1 Å². The van der Waals surface area contributed by atoms with E-state index >= 15 is 0 Å². The summed E-state index contributed by atoms with van der Waals surface area (Å²) in [5, 5.41) is 9.94. The third-order valence-electron chi connectivity index (χ3n) is 5.01. The van der Waals surface area contributed by atoms with Gasteiger partial charge in [0.05, 0.1) is 34.6 Å². The van der Waals surface area contributed by atoms with Gasteiger partial charge in [-0.1, -0.05) is 36.4 Å². The Morgan fingerprint density at radius 3 is 2.59 bits per heavy atom. The van der Waals surface area contributed by atoms with Crippen LogP contribution in [-0.2, 0) is 19.5 Å². The number of imidazole rings is 1. The zero-order chi connectivity index (χ0) is 21.5. The van der Waals surface area contributed by atoms with E-state index in [4.69, 9.17) is 4.99 Å². The first-order chi connectivity index (χ1) is 15.2. The van der Waals surface area contributed by atoms with Crippen molar-refractivity contribution in [3.05, 3.63) is 82.1 Å². The van der Waals surface area contributed by atoms with Crippen LogP contribution in [0.1, 0.15) is 28.8 Å². The molecule has 32 heavy (non-hydrogen) atoms. The molecule has 0 radical (unpaired) electrons. The molecular weight excluding hydrogens is 531 g/mol. The Bertz CT molecular complexity index is 1150. The summed E-state index contributed by atoms with van der Waals surface area (Å²) in [6, 6.07) is 16.9. The van der Waals surface area contributed by atoms with Gasteiger partial charge >= 0.3 is 0 Å². The molecule has 0 amide bonds. The molecule has 0 atom stereocenters. The number of halogens is 1. The number of hydrogen-bond acceptors (Lipinski definition) is 4. The van der Waals surface area contributed by atoms with E-state index in [1.807, 2.05) is 25.4 Å². The number of benzene rings is 2. The third-order valence-corrected chi connectivity index (χ3v) is 5.83. The molecule has 0 saturated carbocycles. The number of aryl methyl sites for hydroxylation is 1. The molecule has 4 rings (SSSR count). The molecule has 168 valence electrons. The highest BCUT2D eigenvalue weighted by Gasteiger charge is 2.04. The molecule has 0 saturated heterocycles. The second kappa shape index (κ2) is 12.0. The SMILES string of the molecule is CCNC(=NCc1ccc(Cn2cnc3ccccc32)cc1)NCCc1csc(C)n1.I. The summed E-state index contributed by atoms with van der Waals surface area (Å²) in [6.45, 7) is 7.21. The molecule has 2 aromatic carbocycles. The number of thiazole rings is 1. The van der Waals surface area contributed by atoms with Gasteiger partial charge in [-0.05, 0) is 37.1 Å². The minimum atomic E-state index is 0. The van der Waals surface area contributed by atoms with E-state index in [0.717, 1.165) is 53.7 Å². The standard InChI is InChI=1S/C24H28N6S.HI/c1-3-25-24(26-13-12-21-16-31-18(2)29-21)27-14-19-8-10-20(11-9-19)15-30-17-28-22-6-4-5-7-23(22)30;/h4-11,16-17H,3,12-15H2,1-2H3,(H2,25,26,27);1H. The molecule has 0 aliphatic heterocycles. The van der Waals surface area contributed by atoms with E-state index < -0.39 is 0 Å². The summed E-state index contributed by atoms with van der Waals surface area (Å²) in [6.07, 6.45) is 2.80. The highest BCUT2D eigenvalue weighted by Crippen LogP contribution is 2.15. The summed E-state index contributed by atoms with van der Waals surface area (Å²) >= 11 is 1.69. The van der Waals surface area contributed by atoms with E-state index in [1.165, 1.54) is 11.1 Å². The molecule has 0 unspecified atom stereocenters. The largest absolute Gasteiger partial charge is 0.357 e. The Morgan fingerprint density at radius 2 is 1.84 bits per heavy atom. The van der Waals surface area contributed by atoms with Crippen LogP contribution in [0.4, 0.5) is 0 Å². The molecule has 6 nitrogen and oxygen atoms in total. The van der Waals surface area contributed by atoms with Crippen LogP contribution in [0.3, 0.4) is 0 Å². The first-order valence-corrected chi connectivity index (χ1v) is 11.5. The van der Waals surface area contributed by atoms with Crippen LogP contribution in [0.15, 0.2) is 65.2 Å². The fraction of sp³-hybridized carbons (Fsp3) is 0.292. The maximum Gasteiger partial charge on any atom is 0.191 e. The van der Waals surface area contributed by atoms with Crippen molar-refractivity contribution >= 4 is 52.3 Å². The predicted molar refractivity (Wildman–Crippen MR) is 144 cm³/mol. The van der Waals surface area contributed by atoms with Crippen molar-refractivity contribution in [2.24, 2.45) is 4.99 Å². The van der Waals surface area contributed by atoms with E-state index in [2.05, 4.69) is 73.9 Å². The van der Waals surface area contributed by atoms with Crippen LogP contribution in [0.25, 0.3) is 11.0 Å². The minimum absolute atomic E-state index is 0. The Hall–Kier alpha value is -2.46. The molecular formula is C24H29IN6S. The molecule has 2 heterocycles. The van der Waals surface area contributed by atoms with E-state index in [1.54, 1.807) is 11.3 Å². The maximum absolute atomic E-state index is 4.73. The van der Waals surface area contributed by atoms with Crippen LogP contribution in [0, 0.1) is 6.92 Å². The first kappa shape index (κ1) is 24.2. The Labute approximate surface area is 210 Å². The highest BCUT2D eigenvalue weighted by atomic mass is 127. The number of aromatic nitrogens is 3. The van der Waals surface area contributed by atoms with Gasteiger partial charge in [0.25, 0.3) is 0 Å². The summed E-state index contributed by atoms with van der Waals surface area (Å²) < 4.78 is 2.18. The van der Waals surface area contributed by atoms with Crippen LogP contribution < -0.4 is 10.6 Å². The van der Waals surface area contributed by atoms with Gasteiger partial charge < -0.3 is 15.2 Å². The van der Waals surface area contributed by atoms with Crippen molar-refractivity contribution in [1.82, 2.24) is 25.2 Å². The molecule has 0 fully saturated rings. The lowest BCUT2D eigenvalue weighted by Crippen LogP contribution is -2.38.